The summed E-state index contributed by atoms with van der Waals surface area (Å²) < 4.78 is 7.63. The molecule has 0 amide bonds. The first kappa shape index (κ1) is 12.5. The van der Waals surface area contributed by atoms with Gasteiger partial charge in [0.05, 0.1) is 18.9 Å². The van der Waals surface area contributed by atoms with Crippen LogP contribution in [0.1, 0.15) is 6.42 Å². The maximum atomic E-state index is 5.46. The van der Waals surface area contributed by atoms with Gasteiger partial charge in [-0.1, -0.05) is 18.2 Å². The molecule has 0 radical (unpaired) electrons. The van der Waals surface area contributed by atoms with Gasteiger partial charge in [0.25, 0.3) is 0 Å². The average Bonchev–Trinajstić information content (AvgIpc) is 2.78. The number of ether oxygens (including phenoxy) is 1. The number of rotatable bonds is 4. The Morgan fingerprint density at radius 3 is 3.16 bits per heavy atom. The van der Waals surface area contributed by atoms with Crippen molar-refractivity contribution >= 4 is 16.6 Å². The molecule has 19 heavy (non-hydrogen) atoms. The van der Waals surface area contributed by atoms with E-state index in [-0.39, 0.29) is 0 Å². The van der Waals surface area contributed by atoms with E-state index >= 15 is 0 Å². The average molecular weight is 259 g/mol. The van der Waals surface area contributed by atoms with Gasteiger partial charge in [-0.2, -0.15) is 0 Å². The third-order valence-electron chi connectivity index (χ3n) is 3.70. The van der Waals surface area contributed by atoms with E-state index in [2.05, 4.69) is 52.7 Å². The molecular weight excluding hydrogens is 238 g/mol. The standard InChI is InChI=1S/C15H21N3O/c1-18-10-14(13-4-2-3-5-15(13)18)17-7-6-12-11-19-9-8-16-12/h2-5,10,12,16-17H,6-9,11H2,1H3. The predicted octanol–water partition coefficient (Wildman–Crippen LogP) is 1.97. The highest BCUT2D eigenvalue weighted by molar-refractivity contribution is 5.92. The summed E-state index contributed by atoms with van der Waals surface area (Å²) in [4.78, 5) is 0. The van der Waals surface area contributed by atoms with Gasteiger partial charge in [-0.3, -0.25) is 0 Å². The second-order valence-corrected chi connectivity index (χ2v) is 5.11. The number of nitrogens with zero attached hydrogens (tertiary/aromatic N) is 1. The monoisotopic (exact) mass is 259 g/mol. The van der Waals surface area contributed by atoms with E-state index in [9.17, 15) is 0 Å². The van der Waals surface area contributed by atoms with E-state index < -0.39 is 0 Å². The summed E-state index contributed by atoms with van der Waals surface area (Å²) in [6, 6.07) is 8.96. The summed E-state index contributed by atoms with van der Waals surface area (Å²) in [6.45, 7) is 3.61. The Morgan fingerprint density at radius 2 is 2.32 bits per heavy atom. The maximum Gasteiger partial charge on any atom is 0.0620 e. The van der Waals surface area contributed by atoms with Crippen LogP contribution in [0, 0.1) is 0 Å². The van der Waals surface area contributed by atoms with E-state index in [0.717, 1.165) is 32.7 Å². The van der Waals surface area contributed by atoms with Crippen molar-refractivity contribution in [2.45, 2.75) is 12.5 Å². The molecule has 2 aromatic rings. The lowest BCUT2D eigenvalue weighted by atomic mass is 10.2. The number of para-hydroxylation sites is 1. The van der Waals surface area contributed by atoms with Crippen molar-refractivity contribution in [3.63, 3.8) is 0 Å². The van der Waals surface area contributed by atoms with Crippen LogP contribution in [0.4, 0.5) is 5.69 Å². The zero-order valence-corrected chi connectivity index (χ0v) is 11.4. The molecule has 0 bridgehead atoms. The molecule has 102 valence electrons. The number of anilines is 1. The zero-order valence-electron chi connectivity index (χ0n) is 11.4. The largest absolute Gasteiger partial charge is 0.383 e. The van der Waals surface area contributed by atoms with E-state index in [0.29, 0.717) is 6.04 Å². The molecule has 1 fully saturated rings. The number of aryl methyl sites for hydroxylation is 1. The van der Waals surface area contributed by atoms with Crippen molar-refractivity contribution in [2.24, 2.45) is 7.05 Å². The highest BCUT2D eigenvalue weighted by atomic mass is 16.5. The minimum Gasteiger partial charge on any atom is -0.383 e. The maximum absolute atomic E-state index is 5.46. The molecule has 4 nitrogen and oxygen atoms in total. The van der Waals surface area contributed by atoms with Crippen LogP contribution in [0.3, 0.4) is 0 Å². The molecule has 0 aliphatic carbocycles. The first-order chi connectivity index (χ1) is 9.34. The molecule has 4 heteroatoms. The molecule has 1 unspecified atom stereocenters. The highest BCUT2D eigenvalue weighted by Gasteiger charge is 2.12. The van der Waals surface area contributed by atoms with E-state index in [1.807, 2.05) is 0 Å². The normalized spacial score (nSPS) is 19.7. The van der Waals surface area contributed by atoms with Gasteiger partial charge >= 0.3 is 0 Å². The predicted molar refractivity (Wildman–Crippen MR) is 78.6 cm³/mol. The zero-order chi connectivity index (χ0) is 13.1. The molecule has 1 saturated heterocycles. The summed E-state index contributed by atoms with van der Waals surface area (Å²) >= 11 is 0. The number of aromatic nitrogens is 1. The molecule has 1 aromatic heterocycles. The molecule has 0 saturated carbocycles. The SMILES string of the molecule is Cn1cc(NCCC2COCCN2)c2ccccc21. The Labute approximate surface area is 113 Å². The van der Waals surface area contributed by atoms with Gasteiger partial charge in [-0.05, 0) is 12.5 Å². The molecule has 0 spiro atoms. The number of fused-ring (bicyclic) bond motifs is 1. The van der Waals surface area contributed by atoms with Gasteiger partial charge in [-0.15, -0.1) is 0 Å². The minimum atomic E-state index is 0.483. The van der Waals surface area contributed by atoms with Crippen LogP contribution in [0.25, 0.3) is 10.9 Å². The van der Waals surface area contributed by atoms with Crippen molar-refractivity contribution in [3.05, 3.63) is 30.5 Å². The molecule has 2 N–H and O–H groups in total. The molecule has 1 aliphatic rings. The molecule has 2 heterocycles. The fourth-order valence-corrected chi connectivity index (χ4v) is 2.67. The van der Waals surface area contributed by atoms with Crippen LogP contribution in [0.2, 0.25) is 0 Å². The van der Waals surface area contributed by atoms with Crippen molar-refractivity contribution in [1.29, 1.82) is 0 Å². The summed E-state index contributed by atoms with van der Waals surface area (Å²) in [5, 5.41) is 8.31. The molecule has 1 atom stereocenters. The van der Waals surface area contributed by atoms with Gasteiger partial charge < -0.3 is 19.9 Å². The van der Waals surface area contributed by atoms with Gasteiger partial charge in [0.1, 0.15) is 0 Å². The Hall–Kier alpha value is -1.52. The molecule has 3 rings (SSSR count). The van der Waals surface area contributed by atoms with Crippen LogP contribution < -0.4 is 10.6 Å². The van der Waals surface area contributed by atoms with Crippen molar-refractivity contribution in [1.82, 2.24) is 9.88 Å². The molecule has 1 aliphatic heterocycles. The summed E-state index contributed by atoms with van der Waals surface area (Å²) in [5.41, 5.74) is 2.49. The second kappa shape index (κ2) is 5.63. The lowest BCUT2D eigenvalue weighted by molar-refractivity contribution is 0.0753. The number of nitrogens with one attached hydrogen (secondary N) is 2. The fraction of sp³-hybridized carbons (Fsp3) is 0.467. The van der Waals surface area contributed by atoms with E-state index in [1.165, 1.54) is 16.6 Å². The van der Waals surface area contributed by atoms with Crippen molar-refractivity contribution in [3.8, 4) is 0 Å². The van der Waals surface area contributed by atoms with Crippen molar-refractivity contribution in [2.75, 3.05) is 31.6 Å². The Balaban J connectivity index is 1.62. The quantitative estimate of drug-likeness (QED) is 0.881. The third kappa shape index (κ3) is 2.74. The van der Waals surface area contributed by atoms with E-state index in [1.54, 1.807) is 0 Å². The van der Waals surface area contributed by atoms with Gasteiger partial charge in [-0.25, -0.2) is 0 Å². The summed E-state index contributed by atoms with van der Waals surface area (Å²) in [7, 11) is 2.09. The van der Waals surface area contributed by atoms with Crippen LogP contribution in [-0.4, -0.2) is 36.9 Å². The highest BCUT2D eigenvalue weighted by Crippen LogP contribution is 2.24. The topological polar surface area (TPSA) is 38.2 Å². The Bertz CT molecular complexity index is 543. The third-order valence-corrected chi connectivity index (χ3v) is 3.70. The minimum absolute atomic E-state index is 0.483. The van der Waals surface area contributed by atoms with Gasteiger partial charge in [0, 0.05) is 43.3 Å². The van der Waals surface area contributed by atoms with Gasteiger partial charge in [0.15, 0.2) is 0 Å². The number of hydrogen-bond donors (Lipinski definition) is 2. The first-order valence-electron chi connectivity index (χ1n) is 6.93. The van der Waals surface area contributed by atoms with Crippen LogP contribution in [0.15, 0.2) is 30.5 Å². The first-order valence-corrected chi connectivity index (χ1v) is 6.93. The Morgan fingerprint density at radius 1 is 1.42 bits per heavy atom. The smallest absolute Gasteiger partial charge is 0.0620 e. The van der Waals surface area contributed by atoms with Crippen molar-refractivity contribution < 1.29 is 4.74 Å². The molecular formula is C15H21N3O. The fourth-order valence-electron chi connectivity index (χ4n) is 2.67. The number of morpholine rings is 1. The summed E-state index contributed by atoms with van der Waals surface area (Å²) in [6.07, 6.45) is 3.25. The molecule has 1 aromatic carbocycles. The summed E-state index contributed by atoms with van der Waals surface area (Å²) in [5.74, 6) is 0. The van der Waals surface area contributed by atoms with Crippen LogP contribution in [0.5, 0.6) is 0 Å². The van der Waals surface area contributed by atoms with Crippen LogP contribution >= 0.6 is 0 Å². The lowest BCUT2D eigenvalue weighted by Gasteiger charge is -2.23. The number of benzene rings is 1. The number of hydrogen-bond acceptors (Lipinski definition) is 3. The lowest BCUT2D eigenvalue weighted by Crippen LogP contribution is -2.42. The van der Waals surface area contributed by atoms with E-state index in [4.69, 9.17) is 4.74 Å². The van der Waals surface area contributed by atoms with Crippen LogP contribution in [-0.2, 0) is 11.8 Å². The van der Waals surface area contributed by atoms with Gasteiger partial charge in [0.2, 0.25) is 0 Å². The second-order valence-electron chi connectivity index (χ2n) is 5.11. The Kier molecular flexibility index (Phi) is 3.71.